The lowest BCUT2D eigenvalue weighted by atomic mass is 10.1. The normalized spacial score (nSPS) is 11.0. The van der Waals surface area contributed by atoms with Gasteiger partial charge in [-0.05, 0) is 66.6 Å². The van der Waals surface area contributed by atoms with Gasteiger partial charge in [-0.15, -0.1) is 0 Å². The zero-order valence-corrected chi connectivity index (χ0v) is 12.3. The monoisotopic (exact) mass is 288 g/mol. The van der Waals surface area contributed by atoms with Crippen LogP contribution < -0.4 is 5.73 Å². The quantitative estimate of drug-likeness (QED) is 0.589. The molecule has 0 aliphatic carbocycles. The molecule has 0 saturated heterocycles. The van der Waals surface area contributed by atoms with Crippen molar-refractivity contribution >= 4 is 17.6 Å². The fourth-order valence-electron chi connectivity index (χ4n) is 2.05. The SMILES string of the molecule is Cc1ccnc(-c2cc(C=Nc3ccc(N)cc3)ccn2)c1. The van der Waals surface area contributed by atoms with Gasteiger partial charge in [0.2, 0.25) is 0 Å². The van der Waals surface area contributed by atoms with Crippen LogP contribution in [0.4, 0.5) is 11.4 Å². The number of benzene rings is 1. The number of hydrogen-bond acceptors (Lipinski definition) is 4. The van der Waals surface area contributed by atoms with Crippen molar-refractivity contribution in [1.82, 2.24) is 9.97 Å². The van der Waals surface area contributed by atoms with E-state index in [2.05, 4.69) is 15.0 Å². The number of nitrogens with zero attached hydrogens (tertiary/aromatic N) is 3. The van der Waals surface area contributed by atoms with E-state index in [-0.39, 0.29) is 0 Å². The molecule has 0 aliphatic rings. The van der Waals surface area contributed by atoms with Crippen LogP contribution in [0, 0.1) is 6.92 Å². The van der Waals surface area contributed by atoms with E-state index in [1.807, 2.05) is 61.7 Å². The fraction of sp³-hybridized carbons (Fsp3) is 0.0556. The predicted molar refractivity (Wildman–Crippen MR) is 90.3 cm³/mol. The first-order valence-corrected chi connectivity index (χ1v) is 6.99. The molecule has 1 aromatic carbocycles. The molecule has 0 aliphatic heterocycles. The summed E-state index contributed by atoms with van der Waals surface area (Å²) in [5.41, 5.74) is 11.1. The fourth-order valence-corrected chi connectivity index (χ4v) is 2.05. The summed E-state index contributed by atoms with van der Waals surface area (Å²) in [6, 6.07) is 15.3. The molecule has 3 aromatic rings. The van der Waals surface area contributed by atoms with Crippen LogP contribution >= 0.6 is 0 Å². The largest absolute Gasteiger partial charge is 0.399 e. The van der Waals surface area contributed by atoms with Crippen molar-refractivity contribution in [3.63, 3.8) is 0 Å². The molecule has 4 heteroatoms. The van der Waals surface area contributed by atoms with Crippen molar-refractivity contribution in [3.8, 4) is 11.4 Å². The molecule has 0 fully saturated rings. The second-order valence-corrected chi connectivity index (χ2v) is 5.04. The number of aromatic nitrogens is 2. The highest BCUT2D eigenvalue weighted by molar-refractivity contribution is 5.83. The molecule has 108 valence electrons. The third kappa shape index (κ3) is 3.35. The van der Waals surface area contributed by atoms with Crippen LogP contribution in [0.25, 0.3) is 11.4 Å². The number of hydrogen-bond donors (Lipinski definition) is 1. The van der Waals surface area contributed by atoms with E-state index >= 15 is 0 Å². The average molecular weight is 288 g/mol. The Morgan fingerprint density at radius 2 is 1.59 bits per heavy atom. The molecule has 3 rings (SSSR count). The summed E-state index contributed by atoms with van der Waals surface area (Å²) in [4.78, 5) is 13.2. The molecule has 0 atom stereocenters. The van der Waals surface area contributed by atoms with E-state index in [0.29, 0.717) is 0 Å². The molecule has 0 spiro atoms. The maximum atomic E-state index is 5.66. The lowest BCUT2D eigenvalue weighted by Crippen LogP contribution is -1.90. The highest BCUT2D eigenvalue weighted by Gasteiger charge is 2.01. The van der Waals surface area contributed by atoms with Gasteiger partial charge in [0.15, 0.2) is 0 Å². The second-order valence-electron chi connectivity index (χ2n) is 5.04. The molecule has 22 heavy (non-hydrogen) atoms. The Balaban J connectivity index is 1.86. The molecule has 2 N–H and O–H groups in total. The van der Waals surface area contributed by atoms with Gasteiger partial charge in [0.05, 0.1) is 17.1 Å². The molecule has 4 nitrogen and oxygen atoms in total. The third-order valence-electron chi connectivity index (χ3n) is 3.22. The van der Waals surface area contributed by atoms with Gasteiger partial charge in [-0.1, -0.05) is 0 Å². The van der Waals surface area contributed by atoms with Crippen LogP contribution in [0.2, 0.25) is 0 Å². The summed E-state index contributed by atoms with van der Waals surface area (Å²) in [5, 5.41) is 0. The number of rotatable bonds is 3. The van der Waals surface area contributed by atoms with Crippen molar-refractivity contribution in [3.05, 3.63) is 72.1 Å². The van der Waals surface area contributed by atoms with Gasteiger partial charge in [0.25, 0.3) is 0 Å². The van der Waals surface area contributed by atoms with Gasteiger partial charge in [-0.2, -0.15) is 0 Å². The topological polar surface area (TPSA) is 64.2 Å². The minimum Gasteiger partial charge on any atom is -0.399 e. The lowest BCUT2D eigenvalue weighted by Gasteiger charge is -2.02. The Hall–Kier alpha value is -3.01. The summed E-state index contributed by atoms with van der Waals surface area (Å²) in [5.74, 6) is 0. The maximum Gasteiger partial charge on any atom is 0.0892 e. The first-order valence-electron chi connectivity index (χ1n) is 6.99. The summed E-state index contributed by atoms with van der Waals surface area (Å²) in [6.07, 6.45) is 5.37. The summed E-state index contributed by atoms with van der Waals surface area (Å²) < 4.78 is 0. The van der Waals surface area contributed by atoms with Gasteiger partial charge < -0.3 is 5.73 Å². The van der Waals surface area contributed by atoms with Crippen LogP contribution in [-0.2, 0) is 0 Å². The smallest absolute Gasteiger partial charge is 0.0892 e. The molecule has 0 bridgehead atoms. The van der Waals surface area contributed by atoms with E-state index in [1.54, 1.807) is 12.4 Å². The summed E-state index contributed by atoms with van der Waals surface area (Å²) in [7, 11) is 0. The maximum absolute atomic E-state index is 5.66. The van der Waals surface area contributed by atoms with Gasteiger partial charge >= 0.3 is 0 Å². The Morgan fingerprint density at radius 1 is 0.909 bits per heavy atom. The van der Waals surface area contributed by atoms with E-state index in [0.717, 1.165) is 33.9 Å². The number of aryl methyl sites for hydroxylation is 1. The molecule has 0 saturated carbocycles. The van der Waals surface area contributed by atoms with Crippen LogP contribution in [0.5, 0.6) is 0 Å². The predicted octanol–water partition coefficient (Wildman–Crippen LogP) is 3.78. The second kappa shape index (κ2) is 6.18. The molecule has 0 unspecified atom stereocenters. The number of anilines is 1. The van der Waals surface area contributed by atoms with Gasteiger partial charge in [0, 0.05) is 24.3 Å². The highest BCUT2D eigenvalue weighted by atomic mass is 14.8. The minimum absolute atomic E-state index is 0.732. The Labute approximate surface area is 129 Å². The van der Waals surface area contributed by atoms with Crippen LogP contribution in [0.1, 0.15) is 11.1 Å². The zero-order valence-electron chi connectivity index (χ0n) is 12.3. The van der Waals surface area contributed by atoms with Crippen molar-refractivity contribution in [1.29, 1.82) is 0 Å². The van der Waals surface area contributed by atoms with E-state index < -0.39 is 0 Å². The average Bonchev–Trinajstić information content (AvgIpc) is 2.55. The van der Waals surface area contributed by atoms with Crippen LogP contribution in [0.3, 0.4) is 0 Å². The van der Waals surface area contributed by atoms with Gasteiger partial charge in [-0.25, -0.2) is 0 Å². The molecule has 0 amide bonds. The number of nitrogens with two attached hydrogens (primary N) is 1. The van der Waals surface area contributed by atoms with E-state index in [1.165, 1.54) is 0 Å². The number of pyridine rings is 2. The third-order valence-corrected chi connectivity index (χ3v) is 3.22. The van der Waals surface area contributed by atoms with Crippen molar-refractivity contribution in [2.75, 3.05) is 5.73 Å². The Morgan fingerprint density at radius 3 is 2.32 bits per heavy atom. The standard InChI is InChI=1S/C18H16N4/c1-13-6-8-20-17(10-13)18-11-14(7-9-21-18)12-22-16-4-2-15(19)3-5-16/h2-12H,19H2,1H3. The zero-order chi connectivity index (χ0) is 15.4. The van der Waals surface area contributed by atoms with E-state index in [4.69, 9.17) is 5.73 Å². The molecular weight excluding hydrogens is 272 g/mol. The lowest BCUT2D eigenvalue weighted by molar-refractivity contribution is 1.23. The Bertz CT molecular complexity index is 807. The van der Waals surface area contributed by atoms with Crippen LogP contribution in [-0.4, -0.2) is 16.2 Å². The molecular formula is C18H16N4. The summed E-state index contributed by atoms with van der Waals surface area (Å²) >= 11 is 0. The molecule has 0 radical (unpaired) electrons. The molecule has 2 heterocycles. The number of nitrogen functional groups attached to an aromatic ring is 1. The van der Waals surface area contributed by atoms with Crippen molar-refractivity contribution in [2.24, 2.45) is 4.99 Å². The summed E-state index contributed by atoms with van der Waals surface area (Å²) in [6.45, 7) is 2.04. The van der Waals surface area contributed by atoms with Crippen molar-refractivity contribution < 1.29 is 0 Å². The first kappa shape index (κ1) is 13.9. The van der Waals surface area contributed by atoms with E-state index in [9.17, 15) is 0 Å². The minimum atomic E-state index is 0.732. The van der Waals surface area contributed by atoms with Gasteiger partial charge in [0.1, 0.15) is 0 Å². The first-order chi connectivity index (χ1) is 10.7. The number of aliphatic imine (C=N–C) groups is 1. The van der Waals surface area contributed by atoms with Crippen molar-refractivity contribution in [2.45, 2.75) is 6.92 Å². The molecule has 2 aromatic heterocycles. The highest BCUT2D eigenvalue weighted by Crippen LogP contribution is 2.17. The van der Waals surface area contributed by atoms with Gasteiger partial charge in [-0.3, -0.25) is 15.0 Å². The Kier molecular flexibility index (Phi) is 3.92. The van der Waals surface area contributed by atoms with Crippen LogP contribution in [0.15, 0.2) is 65.9 Å².